The predicted molar refractivity (Wildman–Crippen MR) is 56.5 cm³/mol. The zero-order chi connectivity index (χ0) is 11.0. The molecule has 2 heterocycles. The van der Waals surface area contributed by atoms with Gasteiger partial charge in [-0.2, -0.15) is 0 Å². The molecule has 3 rings (SSSR count). The summed E-state index contributed by atoms with van der Waals surface area (Å²) in [5.74, 6) is 0.0818. The normalized spacial score (nSPS) is 27.0. The van der Waals surface area contributed by atoms with Crippen LogP contribution < -0.4 is 0 Å². The number of nitrogens with zero attached hydrogens (tertiary/aromatic N) is 1. The molecule has 2 fully saturated rings. The maximum atomic E-state index is 11.2. The van der Waals surface area contributed by atoms with Crippen LogP contribution in [0.15, 0.2) is 30.3 Å². The Balaban J connectivity index is 1.44. The first-order chi connectivity index (χ1) is 7.86. The lowest BCUT2D eigenvalue weighted by Gasteiger charge is -2.04. The van der Waals surface area contributed by atoms with Gasteiger partial charge < -0.3 is 14.4 Å². The number of fused-ring (bicyclic) bond motifs is 1. The van der Waals surface area contributed by atoms with Crippen molar-refractivity contribution < 1.29 is 14.3 Å². The number of carbonyl (C=O) groups is 1. The lowest BCUT2D eigenvalue weighted by Crippen LogP contribution is -2.19. The van der Waals surface area contributed by atoms with Gasteiger partial charge in [0.2, 0.25) is 0 Å². The van der Waals surface area contributed by atoms with Gasteiger partial charge in [0.1, 0.15) is 12.6 Å². The second-order valence-electron chi connectivity index (χ2n) is 4.07. The van der Waals surface area contributed by atoms with Crippen LogP contribution in [0.2, 0.25) is 0 Å². The van der Waals surface area contributed by atoms with Crippen molar-refractivity contribution in [3.8, 4) is 0 Å². The first-order valence-corrected chi connectivity index (χ1v) is 5.41. The Bertz CT molecular complexity index is 393. The average molecular weight is 219 g/mol. The van der Waals surface area contributed by atoms with E-state index in [0.29, 0.717) is 13.2 Å². The van der Waals surface area contributed by atoms with Gasteiger partial charge in [-0.25, -0.2) is 0 Å². The molecule has 4 heteroatoms. The fourth-order valence-electron chi connectivity index (χ4n) is 2.04. The van der Waals surface area contributed by atoms with Gasteiger partial charge in [0.25, 0.3) is 5.91 Å². The molecule has 4 nitrogen and oxygen atoms in total. The highest BCUT2D eigenvalue weighted by Gasteiger charge is 2.56. The summed E-state index contributed by atoms with van der Waals surface area (Å²) < 4.78 is 10.8. The summed E-state index contributed by atoms with van der Waals surface area (Å²) >= 11 is 0. The Kier molecular flexibility index (Phi) is 2.38. The SMILES string of the molecule is O=C1COC2C(COCc3ccccc3)N12. The van der Waals surface area contributed by atoms with Crippen molar-refractivity contribution in [2.24, 2.45) is 0 Å². The van der Waals surface area contributed by atoms with E-state index in [9.17, 15) is 4.79 Å². The standard InChI is InChI=1S/C12H13NO3/c14-11-8-16-12-10(13(11)12)7-15-6-9-4-2-1-3-5-9/h1-5,10,12H,6-8H2. The third kappa shape index (κ3) is 1.70. The molecule has 2 aliphatic heterocycles. The number of rotatable bonds is 4. The number of hydrogen-bond donors (Lipinski definition) is 0. The third-order valence-electron chi connectivity index (χ3n) is 2.94. The topological polar surface area (TPSA) is 38.5 Å². The van der Waals surface area contributed by atoms with Crippen molar-refractivity contribution in [1.29, 1.82) is 0 Å². The van der Waals surface area contributed by atoms with Crippen LogP contribution in [0, 0.1) is 0 Å². The first-order valence-electron chi connectivity index (χ1n) is 5.41. The van der Waals surface area contributed by atoms with Crippen LogP contribution in [0.1, 0.15) is 5.56 Å². The van der Waals surface area contributed by atoms with E-state index in [1.54, 1.807) is 4.90 Å². The lowest BCUT2D eigenvalue weighted by atomic mass is 10.2. The van der Waals surface area contributed by atoms with Gasteiger partial charge in [-0.1, -0.05) is 30.3 Å². The van der Waals surface area contributed by atoms with Gasteiger partial charge >= 0.3 is 0 Å². The molecule has 0 bridgehead atoms. The van der Waals surface area contributed by atoms with Gasteiger partial charge in [0.05, 0.1) is 13.2 Å². The van der Waals surface area contributed by atoms with Crippen LogP contribution in [0.5, 0.6) is 0 Å². The largest absolute Gasteiger partial charge is 0.374 e. The Morgan fingerprint density at radius 2 is 2.19 bits per heavy atom. The minimum Gasteiger partial charge on any atom is -0.374 e. The third-order valence-corrected chi connectivity index (χ3v) is 2.94. The average Bonchev–Trinajstić information content (AvgIpc) is 2.87. The zero-order valence-corrected chi connectivity index (χ0v) is 8.83. The monoisotopic (exact) mass is 219 g/mol. The summed E-state index contributed by atoms with van der Waals surface area (Å²) in [4.78, 5) is 12.9. The summed E-state index contributed by atoms with van der Waals surface area (Å²) in [5.41, 5.74) is 1.15. The highest BCUT2D eigenvalue weighted by molar-refractivity contribution is 5.82. The molecule has 0 saturated carbocycles. The summed E-state index contributed by atoms with van der Waals surface area (Å²) in [6, 6.07) is 10.1. The molecular formula is C12H13NO3. The van der Waals surface area contributed by atoms with Crippen molar-refractivity contribution in [2.75, 3.05) is 13.2 Å². The molecule has 1 amide bonds. The summed E-state index contributed by atoms with van der Waals surface area (Å²) in [6.07, 6.45) is -0.0109. The van der Waals surface area contributed by atoms with Crippen LogP contribution >= 0.6 is 0 Å². The Hall–Kier alpha value is -1.39. The highest BCUT2D eigenvalue weighted by atomic mass is 16.6. The molecule has 2 atom stereocenters. The van der Waals surface area contributed by atoms with Crippen molar-refractivity contribution in [2.45, 2.75) is 18.9 Å². The molecule has 84 valence electrons. The molecule has 0 N–H and O–H groups in total. The fourth-order valence-corrected chi connectivity index (χ4v) is 2.04. The van der Waals surface area contributed by atoms with Gasteiger partial charge in [-0.3, -0.25) is 4.79 Å². The lowest BCUT2D eigenvalue weighted by molar-refractivity contribution is -0.125. The van der Waals surface area contributed by atoms with Gasteiger partial charge in [-0.15, -0.1) is 0 Å². The summed E-state index contributed by atoms with van der Waals surface area (Å²) in [5, 5.41) is 0. The number of benzene rings is 1. The number of amides is 1. The molecule has 2 aliphatic rings. The van der Waals surface area contributed by atoms with E-state index < -0.39 is 0 Å². The van der Waals surface area contributed by atoms with E-state index in [-0.39, 0.29) is 24.8 Å². The molecule has 0 aromatic heterocycles. The second-order valence-corrected chi connectivity index (χ2v) is 4.07. The van der Waals surface area contributed by atoms with Crippen LogP contribution in [-0.2, 0) is 20.9 Å². The van der Waals surface area contributed by atoms with E-state index in [0.717, 1.165) is 5.56 Å². The fraction of sp³-hybridized carbons (Fsp3) is 0.417. The number of hydrogen-bond acceptors (Lipinski definition) is 3. The van der Waals surface area contributed by atoms with Gasteiger partial charge in [-0.05, 0) is 5.56 Å². The van der Waals surface area contributed by atoms with E-state index in [4.69, 9.17) is 9.47 Å². The number of morpholine rings is 1. The second kappa shape index (κ2) is 3.88. The smallest absolute Gasteiger partial charge is 0.251 e. The first kappa shape index (κ1) is 9.81. The van der Waals surface area contributed by atoms with Crippen LogP contribution in [-0.4, -0.2) is 36.3 Å². The Labute approximate surface area is 93.8 Å². The van der Waals surface area contributed by atoms with E-state index in [1.807, 2.05) is 30.3 Å². The molecule has 0 aliphatic carbocycles. The van der Waals surface area contributed by atoms with Crippen molar-refractivity contribution in [3.63, 3.8) is 0 Å². The van der Waals surface area contributed by atoms with E-state index in [1.165, 1.54) is 0 Å². The van der Waals surface area contributed by atoms with Crippen LogP contribution in [0.25, 0.3) is 0 Å². The molecule has 0 radical (unpaired) electrons. The van der Waals surface area contributed by atoms with Crippen molar-refractivity contribution in [1.82, 2.24) is 4.90 Å². The Morgan fingerprint density at radius 1 is 1.38 bits per heavy atom. The van der Waals surface area contributed by atoms with Crippen LogP contribution in [0.4, 0.5) is 0 Å². The Morgan fingerprint density at radius 3 is 2.88 bits per heavy atom. The molecule has 1 aromatic carbocycles. The number of carbonyl (C=O) groups excluding carboxylic acids is 1. The minimum absolute atomic E-state index is 0.0109. The maximum absolute atomic E-state index is 11.2. The summed E-state index contributed by atoms with van der Waals surface area (Å²) in [7, 11) is 0. The zero-order valence-electron chi connectivity index (χ0n) is 8.83. The van der Waals surface area contributed by atoms with Crippen molar-refractivity contribution >= 4 is 5.91 Å². The van der Waals surface area contributed by atoms with Gasteiger partial charge in [0, 0.05) is 0 Å². The maximum Gasteiger partial charge on any atom is 0.251 e. The predicted octanol–water partition coefficient (Wildman–Crippen LogP) is 0.770. The molecule has 2 unspecified atom stereocenters. The van der Waals surface area contributed by atoms with E-state index in [2.05, 4.69) is 0 Å². The molecule has 1 aromatic rings. The highest BCUT2D eigenvalue weighted by Crippen LogP contribution is 2.34. The van der Waals surface area contributed by atoms with E-state index >= 15 is 0 Å². The quantitative estimate of drug-likeness (QED) is 0.702. The molecule has 2 saturated heterocycles. The van der Waals surface area contributed by atoms with Gasteiger partial charge in [0.15, 0.2) is 6.23 Å². The molecular weight excluding hydrogens is 206 g/mol. The summed E-state index contributed by atoms with van der Waals surface area (Å²) in [6.45, 7) is 1.39. The number of ether oxygens (including phenoxy) is 2. The minimum atomic E-state index is -0.0109. The van der Waals surface area contributed by atoms with Crippen molar-refractivity contribution in [3.05, 3.63) is 35.9 Å². The molecule has 16 heavy (non-hydrogen) atoms. The van der Waals surface area contributed by atoms with Crippen LogP contribution in [0.3, 0.4) is 0 Å². The molecule has 0 spiro atoms.